The van der Waals surface area contributed by atoms with Gasteiger partial charge in [-0.15, -0.1) is 0 Å². The summed E-state index contributed by atoms with van der Waals surface area (Å²) < 4.78 is 9.53. The van der Waals surface area contributed by atoms with Crippen LogP contribution in [0.15, 0.2) is 0 Å². The first-order chi connectivity index (χ1) is 8.24. The van der Waals surface area contributed by atoms with Gasteiger partial charge in [-0.3, -0.25) is 0 Å². The zero-order valence-electron chi connectivity index (χ0n) is 11.7. The van der Waals surface area contributed by atoms with Crippen molar-refractivity contribution in [3.05, 3.63) is 0 Å². The van der Waals surface area contributed by atoms with E-state index in [1.54, 1.807) is 0 Å². The molecule has 0 aromatic carbocycles. The van der Waals surface area contributed by atoms with E-state index in [1.165, 1.54) is 45.6 Å². The molecule has 0 amide bonds. The van der Waals surface area contributed by atoms with Crippen LogP contribution in [-0.2, 0) is 9.47 Å². The Bertz CT molecular complexity index is 180. The van der Waals surface area contributed by atoms with E-state index >= 15 is 0 Å². The molecule has 0 aromatic rings. The van der Waals surface area contributed by atoms with Crippen LogP contribution in [0.4, 0.5) is 4.79 Å². The van der Waals surface area contributed by atoms with E-state index in [4.69, 9.17) is 4.74 Å². The van der Waals surface area contributed by atoms with Gasteiger partial charge in [-0.2, -0.15) is 0 Å². The third-order valence-corrected chi connectivity index (χ3v) is 3.04. The molecule has 0 radical (unpaired) electrons. The molecule has 0 spiro atoms. The zero-order valence-corrected chi connectivity index (χ0v) is 11.7. The second-order valence-corrected chi connectivity index (χ2v) is 4.62. The van der Waals surface area contributed by atoms with Gasteiger partial charge in [0, 0.05) is 0 Å². The van der Waals surface area contributed by atoms with Crippen molar-refractivity contribution >= 4 is 6.16 Å². The van der Waals surface area contributed by atoms with Crippen molar-refractivity contribution < 1.29 is 14.3 Å². The van der Waals surface area contributed by atoms with Gasteiger partial charge in [-0.05, 0) is 18.8 Å². The molecule has 102 valence electrons. The Balaban J connectivity index is 3.74. The minimum Gasteiger partial charge on any atom is -0.438 e. The molecule has 0 aliphatic heterocycles. The highest BCUT2D eigenvalue weighted by Crippen LogP contribution is 2.18. The van der Waals surface area contributed by atoms with Gasteiger partial charge in [0.15, 0.2) is 0 Å². The molecule has 0 aliphatic rings. The molecule has 0 saturated carbocycles. The zero-order chi connectivity index (χ0) is 12.9. The lowest BCUT2D eigenvalue weighted by Crippen LogP contribution is -2.14. The molecule has 1 unspecified atom stereocenters. The second-order valence-electron chi connectivity index (χ2n) is 4.62. The maximum atomic E-state index is 10.9. The van der Waals surface area contributed by atoms with Crippen molar-refractivity contribution in [2.45, 2.75) is 65.2 Å². The summed E-state index contributed by atoms with van der Waals surface area (Å²) in [5, 5.41) is 0. The molecule has 0 rings (SSSR count). The first-order valence-corrected chi connectivity index (χ1v) is 6.95. The first kappa shape index (κ1) is 16.3. The lowest BCUT2D eigenvalue weighted by molar-refractivity contribution is 0.0568. The standard InChI is InChI=1S/C14H28O3/c1-4-6-8-9-11-13(10-7-5-2)12-17-14(15)16-3/h13H,4-12H2,1-3H3. The maximum absolute atomic E-state index is 10.9. The van der Waals surface area contributed by atoms with E-state index < -0.39 is 6.16 Å². The van der Waals surface area contributed by atoms with Gasteiger partial charge in [-0.1, -0.05) is 52.4 Å². The highest BCUT2D eigenvalue weighted by Gasteiger charge is 2.11. The van der Waals surface area contributed by atoms with Gasteiger partial charge in [0.1, 0.15) is 0 Å². The van der Waals surface area contributed by atoms with Crippen molar-refractivity contribution in [3.8, 4) is 0 Å². The van der Waals surface area contributed by atoms with E-state index in [9.17, 15) is 4.79 Å². The van der Waals surface area contributed by atoms with Crippen molar-refractivity contribution in [3.63, 3.8) is 0 Å². The SMILES string of the molecule is CCCCCCC(CCCC)COC(=O)OC. The van der Waals surface area contributed by atoms with Crippen LogP contribution in [0.2, 0.25) is 0 Å². The molecule has 0 aromatic heterocycles. The number of carbonyl (C=O) groups excluding carboxylic acids is 1. The molecule has 17 heavy (non-hydrogen) atoms. The van der Waals surface area contributed by atoms with Crippen LogP contribution in [0, 0.1) is 5.92 Å². The summed E-state index contributed by atoms with van der Waals surface area (Å²) >= 11 is 0. The van der Waals surface area contributed by atoms with Crippen LogP contribution in [0.5, 0.6) is 0 Å². The lowest BCUT2D eigenvalue weighted by atomic mass is 9.96. The van der Waals surface area contributed by atoms with E-state index in [0.717, 1.165) is 12.8 Å². The second kappa shape index (κ2) is 11.7. The van der Waals surface area contributed by atoms with Crippen LogP contribution in [0.25, 0.3) is 0 Å². The average Bonchev–Trinajstić information content (AvgIpc) is 2.36. The molecule has 0 fully saturated rings. The van der Waals surface area contributed by atoms with Crippen molar-refractivity contribution in [2.24, 2.45) is 5.92 Å². The predicted octanol–water partition coefficient (Wildman–Crippen LogP) is 4.55. The summed E-state index contributed by atoms with van der Waals surface area (Å²) in [6, 6.07) is 0. The molecule has 0 N–H and O–H groups in total. The van der Waals surface area contributed by atoms with E-state index in [0.29, 0.717) is 12.5 Å². The smallest absolute Gasteiger partial charge is 0.438 e. The molecule has 0 saturated heterocycles. The van der Waals surface area contributed by atoms with E-state index in [1.807, 2.05) is 0 Å². The van der Waals surface area contributed by atoms with Gasteiger partial charge < -0.3 is 9.47 Å². The number of methoxy groups -OCH3 is 1. The number of rotatable bonds is 10. The fourth-order valence-corrected chi connectivity index (χ4v) is 1.91. The minimum absolute atomic E-state index is 0.505. The van der Waals surface area contributed by atoms with Crippen LogP contribution >= 0.6 is 0 Å². The van der Waals surface area contributed by atoms with Crippen LogP contribution in [-0.4, -0.2) is 19.9 Å². The van der Waals surface area contributed by atoms with Crippen molar-refractivity contribution in [1.82, 2.24) is 0 Å². The number of ether oxygens (including phenoxy) is 2. The Morgan fingerprint density at radius 1 is 1.00 bits per heavy atom. The summed E-state index contributed by atoms with van der Waals surface area (Å²) in [6.45, 7) is 4.92. The minimum atomic E-state index is -0.556. The Labute approximate surface area is 106 Å². The van der Waals surface area contributed by atoms with Crippen LogP contribution in [0.1, 0.15) is 65.2 Å². The number of hydrogen-bond acceptors (Lipinski definition) is 3. The number of hydrogen-bond donors (Lipinski definition) is 0. The van der Waals surface area contributed by atoms with Crippen molar-refractivity contribution in [2.75, 3.05) is 13.7 Å². The third kappa shape index (κ3) is 10.2. The average molecular weight is 244 g/mol. The molecular formula is C14H28O3. The summed E-state index contributed by atoms with van der Waals surface area (Å²) in [6.07, 6.45) is 9.27. The summed E-state index contributed by atoms with van der Waals surface area (Å²) in [5.41, 5.74) is 0. The summed E-state index contributed by atoms with van der Waals surface area (Å²) in [4.78, 5) is 10.9. The fourth-order valence-electron chi connectivity index (χ4n) is 1.91. The topological polar surface area (TPSA) is 35.5 Å². The van der Waals surface area contributed by atoms with Gasteiger partial charge in [-0.25, -0.2) is 4.79 Å². The van der Waals surface area contributed by atoms with Gasteiger partial charge in [0.2, 0.25) is 0 Å². The third-order valence-electron chi connectivity index (χ3n) is 3.04. The predicted molar refractivity (Wildman–Crippen MR) is 70.1 cm³/mol. The Kier molecular flexibility index (Phi) is 11.2. The number of unbranched alkanes of at least 4 members (excludes halogenated alkanes) is 4. The van der Waals surface area contributed by atoms with E-state index in [2.05, 4.69) is 18.6 Å². The van der Waals surface area contributed by atoms with Gasteiger partial charge in [0.05, 0.1) is 13.7 Å². The molecule has 0 heterocycles. The molecule has 0 bridgehead atoms. The molecular weight excluding hydrogens is 216 g/mol. The van der Waals surface area contributed by atoms with Crippen LogP contribution < -0.4 is 0 Å². The van der Waals surface area contributed by atoms with E-state index in [-0.39, 0.29) is 0 Å². The Hall–Kier alpha value is -0.730. The summed E-state index contributed by atoms with van der Waals surface area (Å²) in [5.74, 6) is 0.505. The lowest BCUT2D eigenvalue weighted by Gasteiger charge is -2.16. The number of carbonyl (C=O) groups is 1. The molecule has 1 atom stereocenters. The fraction of sp³-hybridized carbons (Fsp3) is 0.929. The maximum Gasteiger partial charge on any atom is 0.507 e. The quantitative estimate of drug-likeness (QED) is 0.418. The molecule has 3 nitrogen and oxygen atoms in total. The largest absolute Gasteiger partial charge is 0.507 e. The highest BCUT2D eigenvalue weighted by atomic mass is 16.7. The molecule has 3 heteroatoms. The Morgan fingerprint density at radius 2 is 1.65 bits per heavy atom. The highest BCUT2D eigenvalue weighted by molar-refractivity contribution is 5.59. The first-order valence-electron chi connectivity index (χ1n) is 6.95. The monoisotopic (exact) mass is 244 g/mol. The van der Waals surface area contributed by atoms with Gasteiger partial charge in [0.25, 0.3) is 0 Å². The van der Waals surface area contributed by atoms with Crippen molar-refractivity contribution in [1.29, 1.82) is 0 Å². The normalized spacial score (nSPS) is 12.2. The van der Waals surface area contributed by atoms with Gasteiger partial charge >= 0.3 is 6.16 Å². The Morgan fingerprint density at radius 3 is 2.24 bits per heavy atom. The molecule has 0 aliphatic carbocycles. The summed E-state index contributed by atoms with van der Waals surface area (Å²) in [7, 11) is 1.35. The van der Waals surface area contributed by atoms with Crippen LogP contribution in [0.3, 0.4) is 0 Å².